The van der Waals surface area contributed by atoms with Crippen molar-refractivity contribution in [1.82, 2.24) is 4.98 Å². The van der Waals surface area contributed by atoms with Crippen molar-refractivity contribution in [3.05, 3.63) is 47.8 Å². The van der Waals surface area contributed by atoms with E-state index >= 15 is 0 Å². The summed E-state index contributed by atoms with van der Waals surface area (Å²) in [7, 11) is -2.35. The van der Waals surface area contributed by atoms with E-state index in [9.17, 15) is 8.42 Å². The highest BCUT2D eigenvalue weighted by Gasteiger charge is 2.20. The largest absolute Gasteiger partial charge is 0.495 e. The molecule has 3 N–H and O–H groups in total. The lowest BCUT2D eigenvalue weighted by molar-refractivity contribution is 0.402. The first-order chi connectivity index (χ1) is 9.96. The van der Waals surface area contributed by atoms with E-state index in [4.69, 9.17) is 10.5 Å². The first kappa shape index (κ1) is 15.3. The molecule has 0 saturated carbocycles. The van der Waals surface area contributed by atoms with Gasteiger partial charge in [0.15, 0.2) is 0 Å². The second-order valence-electron chi connectivity index (χ2n) is 4.48. The van der Waals surface area contributed by atoms with Gasteiger partial charge < -0.3 is 10.5 Å². The third-order valence-electron chi connectivity index (χ3n) is 2.92. The molecule has 21 heavy (non-hydrogen) atoms. The average Bonchev–Trinajstić information content (AvgIpc) is 2.48. The molecule has 2 aromatic rings. The zero-order valence-corrected chi connectivity index (χ0v) is 12.6. The van der Waals surface area contributed by atoms with Gasteiger partial charge in [0.2, 0.25) is 0 Å². The molecule has 1 aromatic heterocycles. The molecule has 6 nitrogen and oxygen atoms in total. The van der Waals surface area contributed by atoms with Gasteiger partial charge >= 0.3 is 0 Å². The zero-order valence-electron chi connectivity index (χ0n) is 11.8. The minimum absolute atomic E-state index is 0.0496. The number of benzene rings is 1. The summed E-state index contributed by atoms with van der Waals surface area (Å²) in [6, 6.07) is 8.20. The Hall–Kier alpha value is -2.12. The number of nitrogens with two attached hydrogens (primary N) is 1. The summed E-state index contributed by atoms with van der Waals surface area (Å²) in [5.41, 5.74) is 7.46. The van der Waals surface area contributed by atoms with Crippen LogP contribution < -0.4 is 15.2 Å². The lowest BCUT2D eigenvalue weighted by Gasteiger charge is -2.12. The van der Waals surface area contributed by atoms with Crippen molar-refractivity contribution in [2.75, 3.05) is 11.8 Å². The van der Waals surface area contributed by atoms with Gasteiger partial charge in [0.1, 0.15) is 10.6 Å². The van der Waals surface area contributed by atoms with E-state index in [1.807, 2.05) is 6.92 Å². The van der Waals surface area contributed by atoms with Gasteiger partial charge in [-0.1, -0.05) is 6.07 Å². The highest BCUT2D eigenvalue weighted by molar-refractivity contribution is 7.92. The van der Waals surface area contributed by atoms with Gasteiger partial charge in [-0.25, -0.2) is 8.42 Å². The molecule has 1 heterocycles. The van der Waals surface area contributed by atoms with Crippen LogP contribution in [-0.4, -0.2) is 20.5 Å². The van der Waals surface area contributed by atoms with Gasteiger partial charge in [0.25, 0.3) is 10.0 Å². The summed E-state index contributed by atoms with van der Waals surface area (Å²) in [4.78, 5) is 4.10. The molecule has 0 radical (unpaired) electrons. The van der Waals surface area contributed by atoms with Crippen molar-refractivity contribution >= 4 is 15.7 Å². The van der Waals surface area contributed by atoms with Crippen molar-refractivity contribution in [3.8, 4) is 5.75 Å². The fourth-order valence-corrected chi connectivity index (χ4v) is 3.06. The monoisotopic (exact) mass is 307 g/mol. The molecule has 0 atom stereocenters. The fraction of sp³-hybridized carbons (Fsp3) is 0.214. The van der Waals surface area contributed by atoms with Gasteiger partial charge in [0, 0.05) is 12.2 Å². The van der Waals surface area contributed by atoms with Gasteiger partial charge in [-0.15, -0.1) is 0 Å². The van der Waals surface area contributed by atoms with Crippen LogP contribution in [-0.2, 0) is 16.6 Å². The number of ether oxygens (including phenoxy) is 1. The predicted molar refractivity (Wildman–Crippen MR) is 80.7 cm³/mol. The molecule has 0 saturated heterocycles. The van der Waals surface area contributed by atoms with E-state index in [1.54, 1.807) is 24.3 Å². The van der Waals surface area contributed by atoms with Gasteiger partial charge in [-0.2, -0.15) is 0 Å². The fourth-order valence-electron chi connectivity index (χ4n) is 1.80. The maximum Gasteiger partial charge on any atom is 0.265 e. The van der Waals surface area contributed by atoms with E-state index in [2.05, 4.69) is 9.71 Å². The standard InChI is InChI=1S/C14H17N3O3S/c1-10-3-5-12(9-16-10)17-21(18,19)14-7-11(8-15)4-6-13(14)20-2/h3-7,9,17H,8,15H2,1-2H3. The van der Waals surface area contributed by atoms with E-state index in [0.717, 1.165) is 5.69 Å². The van der Waals surface area contributed by atoms with Crippen LogP contribution in [0.4, 0.5) is 5.69 Å². The number of sulfonamides is 1. The maximum absolute atomic E-state index is 12.5. The van der Waals surface area contributed by atoms with Crippen LogP contribution >= 0.6 is 0 Å². The number of hydrogen-bond donors (Lipinski definition) is 2. The van der Waals surface area contributed by atoms with Gasteiger partial charge in [-0.3, -0.25) is 9.71 Å². The summed E-state index contributed by atoms with van der Waals surface area (Å²) in [6.45, 7) is 2.07. The molecule has 0 fully saturated rings. The molecule has 0 amide bonds. The summed E-state index contributed by atoms with van der Waals surface area (Å²) in [5.74, 6) is 0.264. The third kappa shape index (κ3) is 3.50. The van der Waals surface area contributed by atoms with Crippen LogP contribution in [0.25, 0.3) is 0 Å². The summed E-state index contributed by atoms with van der Waals surface area (Å²) in [5, 5.41) is 0. The highest BCUT2D eigenvalue weighted by Crippen LogP contribution is 2.26. The Morgan fingerprint density at radius 3 is 2.62 bits per heavy atom. The first-order valence-electron chi connectivity index (χ1n) is 6.28. The number of aromatic nitrogens is 1. The van der Waals surface area contributed by atoms with Crippen molar-refractivity contribution < 1.29 is 13.2 Å². The lowest BCUT2D eigenvalue weighted by Crippen LogP contribution is -2.15. The molecule has 2 rings (SSSR count). The predicted octanol–water partition coefficient (Wildman–Crippen LogP) is 1.66. The molecule has 1 aromatic carbocycles. The smallest absolute Gasteiger partial charge is 0.265 e. The number of rotatable bonds is 5. The highest BCUT2D eigenvalue weighted by atomic mass is 32.2. The summed E-state index contributed by atoms with van der Waals surface area (Å²) >= 11 is 0. The molecule has 0 bridgehead atoms. The molecular formula is C14H17N3O3S. The van der Waals surface area contributed by atoms with Crippen LogP contribution in [0.2, 0.25) is 0 Å². The van der Waals surface area contributed by atoms with Crippen molar-refractivity contribution in [3.63, 3.8) is 0 Å². The summed E-state index contributed by atoms with van der Waals surface area (Å²) in [6.07, 6.45) is 1.46. The molecule has 0 aliphatic rings. The number of methoxy groups -OCH3 is 1. The van der Waals surface area contributed by atoms with Gasteiger partial charge in [-0.05, 0) is 36.8 Å². The summed E-state index contributed by atoms with van der Waals surface area (Å²) < 4.78 is 32.5. The Labute approximate surface area is 124 Å². The molecule has 112 valence electrons. The lowest BCUT2D eigenvalue weighted by atomic mass is 10.2. The molecule has 0 aliphatic heterocycles. The Bertz CT molecular complexity index is 728. The van der Waals surface area contributed by atoms with Crippen LogP contribution in [0, 0.1) is 6.92 Å². The van der Waals surface area contributed by atoms with Crippen LogP contribution in [0.3, 0.4) is 0 Å². The maximum atomic E-state index is 12.5. The minimum atomic E-state index is -3.77. The number of nitrogens with one attached hydrogen (secondary N) is 1. The van der Waals surface area contributed by atoms with Crippen LogP contribution in [0.1, 0.15) is 11.3 Å². The number of hydrogen-bond acceptors (Lipinski definition) is 5. The molecular weight excluding hydrogens is 290 g/mol. The molecule has 0 spiro atoms. The quantitative estimate of drug-likeness (QED) is 0.876. The first-order valence-corrected chi connectivity index (χ1v) is 7.77. The minimum Gasteiger partial charge on any atom is -0.495 e. The van der Waals surface area contributed by atoms with Crippen LogP contribution in [0.5, 0.6) is 5.75 Å². The number of nitrogens with zero attached hydrogens (tertiary/aromatic N) is 1. The van der Waals surface area contributed by atoms with E-state index in [1.165, 1.54) is 19.4 Å². The zero-order chi connectivity index (χ0) is 15.5. The number of aryl methyl sites for hydroxylation is 1. The average molecular weight is 307 g/mol. The Kier molecular flexibility index (Phi) is 4.44. The van der Waals surface area contributed by atoms with Crippen molar-refractivity contribution in [2.45, 2.75) is 18.4 Å². The Balaban J connectivity index is 2.41. The second-order valence-corrected chi connectivity index (χ2v) is 6.13. The normalized spacial score (nSPS) is 11.2. The molecule has 0 aliphatic carbocycles. The molecule has 7 heteroatoms. The number of pyridine rings is 1. The molecule has 0 unspecified atom stereocenters. The van der Waals surface area contributed by atoms with E-state index in [0.29, 0.717) is 11.3 Å². The van der Waals surface area contributed by atoms with Gasteiger partial charge in [0.05, 0.1) is 19.0 Å². The van der Waals surface area contributed by atoms with E-state index in [-0.39, 0.29) is 17.2 Å². The third-order valence-corrected chi connectivity index (χ3v) is 4.32. The van der Waals surface area contributed by atoms with E-state index < -0.39 is 10.0 Å². The van der Waals surface area contributed by atoms with Crippen molar-refractivity contribution in [2.24, 2.45) is 5.73 Å². The SMILES string of the molecule is COc1ccc(CN)cc1S(=O)(=O)Nc1ccc(C)nc1. The van der Waals surface area contributed by atoms with Crippen molar-refractivity contribution in [1.29, 1.82) is 0 Å². The topological polar surface area (TPSA) is 94.3 Å². The van der Waals surface area contributed by atoms with Crippen LogP contribution in [0.15, 0.2) is 41.4 Å². The Morgan fingerprint density at radius 2 is 2.05 bits per heavy atom. The second kappa shape index (κ2) is 6.11. The number of anilines is 1. The Morgan fingerprint density at radius 1 is 1.29 bits per heavy atom.